The first-order valence-electron chi connectivity index (χ1n) is 5.11. The second-order valence-corrected chi connectivity index (χ2v) is 5.75. The van der Waals surface area contributed by atoms with Crippen molar-refractivity contribution < 1.29 is 23.1 Å². The van der Waals surface area contributed by atoms with Crippen molar-refractivity contribution in [2.45, 2.75) is 17.7 Å². The van der Waals surface area contributed by atoms with E-state index >= 15 is 0 Å². The van der Waals surface area contributed by atoms with E-state index in [1.165, 1.54) is 24.3 Å². The highest BCUT2D eigenvalue weighted by Crippen LogP contribution is 2.14. The number of anilines is 1. The molecule has 2 N–H and O–H groups in total. The summed E-state index contributed by atoms with van der Waals surface area (Å²) in [5, 5.41) is 10.9. The quantitative estimate of drug-likeness (QED) is 0.828. The van der Waals surface area contributed by atoms with Crippen LogP contribution in [-0.2, 0) is 19.4 Å². The number of amides is 1. The zero-order valence-corrected chi connectivity index (χ0v) is 10.5. The third-order valence-electron chi connectivity index (χ3n) is 2.13. The normalized spacial score (nSPS) is 10.9. The zero-order chi connectivity index (χ0) is 13.8. The van der Waals surface area contributed by atoms with E-state index in [4.69, 9.17) is 5.11 Å². The van der Waals surface area contributed by atoms with Crippen LogP contribution in [0.15, 0.2) is 29.2 Å². The largest absolute Gasteiger partial charge is 0.481 e. The van der Waals surface area contributed by atoms with Gasteiger partial charge in [0.15, 0.2) is 9.84 Å². The number of carboxylic acids is 1. The van der Waals surface area contributed by atoms with Crippen molar-refractivity contribution in [3.8, 4) is 0 Å². The van der Waals surface area contributed by atoms with Gasteiger partial charge in [-0.15, -0.1) is 0 Å². The predicted octanol–water partition coefficient (Wildman–Crippen LogP) is 0.893. The summed E-state index contributed by atoms with van der Waals surface area (Å²) in [4.78, 5) is 21.7. The number of carbonyl (C=O) groups is 2. The molecule has 6 nitrogen and oxygen atoms in total. The molecule has 7 heteroatoms. The number of rotatable bonds is 5. The van der Waals surface area contributed by atoms with Crippen LogP contribution in [-0.4, -0.2) is 31.7 Å². The summed E-state index contributed by atoms with van der Waals surface area (Å²) in [6.45, 7) is 0. The van der Waals surface area contributed by atoms with Crippen LogP contribution in [0.4, 0.5) is 5.69 Å². The predicted molar refractivity (Wildman–Crippen MR) is 65.1 cm³/mol. The van der Waals surface area contributed by atoms with Crippen molar-refractivity contribution in [2.24, 2.45) is 0 Å². The van der Waals surface area contributed by atoms with Crippen molar-refractivity contribution in [1.29, 1.82) is 0 Å². The summed E-state index contributed by atoms with van der Waals surface area (Å²) in [5.41, 5.74) is 0.429. The molecule has 0 aliphatic rings. The highest BCUT2D eigenvalue weighted by molar-refractivity contribution is 7.90. The Morgan fingerprint density at radius 3 is 2.17 bits per heavy atom. The van der Waals surface area contributed by atoms with Gasteiger partial charge < -0.3 is 10.4 Å². The number of carboxylic acid groups (broad SMARTS) is 1. The maximum absolute atomic E-state index is 11.3. The van der Waals surface area contributed by atoms with Gasteiger partial charge in [0, 0.05) is 18.4 Å². The van der Waals surface area contributed by atoms with Crippen molar-refractivity contribution >= 4 is 27.4 Å². The Morgan fingerprint density at radius 1 is 1.17 bits per heavy atom. The fourth-order valence-electron chi connectivity index (χ4n) is 1.23. The van der Waals surface area contributed by atoms with E-state index in [1.54, 1.807) is 0 Å². The Kier molecular flexibility index (Phi) is 4.43. The molecule has 0 bridgehead atoms. The van der Waals surface area contributed by atoms with E-state index in [9.17, 15) is 18.0 Å². The monoisotopic (exact) mass is 271 g/mol. The minimum Gasteiger partial charge on any atom is -0.481 e. The Morgan fingerprint density at radius 2 is 1.72 bits per heavy atom. The van der Waals surface area contributed by atoms with Crippen LogP contribution < -0.4 is 5.32 Å². The van der Waals surface area contributed by atoms with Crippen LogP contribution in [0.5, 0.6) is 0 Å². The topological polar surface area (TPSA) is 101 Å². The third-order valence-corrected chi connectivity index (χ3v) is 3.26. The molecule has 0 aliphatic heterocycles. The van der Waals surface area contributed by atoms with Crippen molar-refractivity contribution in [2.75, 3.05) is 11.6 Å². The summed E-state index contributed by atoms with van der Waals surface area (Å²) in [6, 6.07) is 5.66. The molecule has 18 heavy (non-hydrogen) atoms. The van der Waals surface area contributed by atoms with Gasteiger partial charge in [-0.2, -0.15) is 0 Å². The van der Waals surface area contributed by atoms with Gasteiger partial charge in [0.2, 0.25) is 5.91 Å². The number of aliphatic carboxylic acids is 1. The summed E-state index contributed by atoms with van der Waals surface area (Å²) < 4.78 is 22.4. The van der Waals surface area contributed by atoms with Gasteiger partial charge in [-0.3, -0.25) is 9.59 Å². The van der Waals surface area contributed by atoms with Crippen LogP contribution in [0, 0.1) is 0 Å². The third kappa shape index (κ3) is 4.54. The number of benzene rings is 1. The van der Waals surface area contributed by atoms with Crippen molar-refractivity contribution in [3.05, 3.63) is 24.3 Å². The van der Waals surface area contributed by atoms with Gasteiger partial charge in [-0.1, -0.05) is 0 Å². The number of nitrogens with one attached hydrogen (secondary N) is 1. The minimum absolute atomic E-state index is 0.122. The molecule has 0 unspecified atom stereocenters. The van der Waals surface area contributed by atoms with E-state index in [0.717, 1.165) is 6.26 Å². The van der Waals surface area contributed by atoms with E-state index in [0.29, 0.717) is 5.69 Å². The molecular formula is C11H13NO5S. The smallest absolute Gasteiger partial charge is 0.303 e. The van der Waals surface area contributed by atoms with E-state index in [1.807, 2.05) is 0 Å². The van der Waals surface area contributed by atoms with Crippen LogP contribution in [0.1, 0.15) is 12.8 Å². The van der Waals surface area contributed by atoms with Gasteiger partial charge in [0.1, 0.15) is 0 Å². The molecule has 0 aliphatic carbocycles. The molecule has 0 spiro atoms. The molecular weight excluding hydrogens is 258 g/mol. The van der Waals surface area contributed by atoms with E-state index < -0.39 is 21.7 Å². The fraction of sp³-hybridized carbons (Fsp3) is 0.273. The van der Waals surface area contributed by atoms with Crippen LogP contribution in [0.3, 0.4) is 0 Å². The molecule has 0 aromatic heterocycles. The molecule has 1 rings (SSSR count). The summed E-state index contributed by atoms with van der Waals surface area (Å²) >= 11 is 0. The van der Waals surface area contributed by atoms with Crippen LogP contribution in [0.2, 0.25) is 0 Å². The van der Waals surface area contributed by atoms with E-state index in [2.05, 4.69) is 5.32 Å². The van der Waals surface area contributed by atoms with Crippen LogP contribution in [0.25, 0.3) is 0 Å². The highest BCUT2D eigenvalue weighted by Gasteiger charge is 2.08. The first kappa shape index (κ1) is 14.2. The maximum atomic E-state index is 11.3. The number of carbonyl (C=O) groups excluding carboxylic acids is 1. The maximum Gasteiger partial charge on any atom is 0.303 e. The average molecular weight is 271 g/mol. The van der Waals surface area contributed by atoms with Crippen molar-refractivity contribution in [3.63, 3.8) is 0 Å². The molecule has 0 fully saturated rings. The van der Waals surface area contributed by atoms with E-state index in [-0.39, 0.29) is 17.7 Å². The van der Waals surface area contributed by atoms with Gasteiger partial charge in [0.05, 0.1) is 11.3 Å². The lowest BCUT2D eigenvalue weighted by molar-refractivity contribution is -0.138. The van der Waals surface area contributed by atoms with Gasteiger partial charge in [-0.05, 0) is 24.3 Å². The van der Waals surface area contributed by atoms with Gasteiger partial charge >= 0.3 is 5.97 Å². The lowest BCUT2D eigenvalue weighted by Crippen LogP contribution is -2.13. The fourth-order valence-corrected chi connectivity index (χ4v) is 1.86. The molecule has 0 radical (unpaired) electrons. The molecule has 98 valence electrons. The Balaban J connectivity index is 2.64. The number of sulfone groups is 1. The Bertz CT molecular complexity index is 547. The summed E-state index contributed by atoms with van der Waals surface area (Å²) in [7, 11) is -3.26. The minimum atomic E-state index is -3.26. The Hall–Kier alpha value is -1.89. The first-order chi connectivity index (χ1) is 8.29. The standard InChI is InChI=1S/C11H13NO5S/c1-18(16,17)9-4-2-8(3-5-9)12-10(13)6-7-11(14)15/h2-5H,6-7H2,1H3,(H,12,13)(H,14,15). The summed E-state index contributed by atoms with van der Waals surface area (Å²) in [6.07, 6.45) is 0.726. The summed E-state index contributed by atoms with van der Waals surface area (Å²) in [5.74, 6) is -1.47. The number of hydrogen-bond acceptors (Lipinski definition) is 4. The lowest BCUT2D eigenvalue weighted by Gasteiger charge is -2.05. The molecule has 0 heterocycles. The van der Waals surface area contributed by atoms with Gasteiger partial charge in [0.25, 0.3) is 0 Å². The molecule has 0 saturated heterocycles. The van der Waals surface area contributed by atoms with Crippen LogP contribution >= 0.6 is 0 Å². The van der Waals surface area contributed by atoms with Crippen molar-refractivity contribution in [1.82, 2.24) is 0 Å². The molecule has 1 aromatic carbocycles. The first-order valence-corrected chi connectivity index (χ1v) is 7.00. The molecule has 0 saturated carbocycles. The zero-order valence-electron chi connectivity index (χ0n) is 9.71. The molecule has 0 atom stereocenters. The lowest BCUT2D eigenvalue weighted by atomic mass is 10.2. The number of hydrogen-bond donors (Lipinski definition) is 2. The average Bonchev–Trinajstić information content (AvgIpc) is 2.26. The molecule has 1 aromatic rings. The second kappa shape index (κ2) is 5.63. The highest BCUT2D eigenvalue weighted by atomic mass is 32.2. The second-order valence-electron chi connectivity index (χ2n) is 3.74. The Labute approximate surface area is 105 Å². The molecule has 1 amide bonds. The SMILES string of the molecule is CS(=O)(=O)c1ccc(NC(=O)CCC(=O)O)cc1. The van der Waals surface area contributed by atoms with Gasteiger partial charge in [-0.25, -0.2) is 8.42 Å².